The molecule has 0 saturated carbocycles. The SMILES string of the molecule is COc1ccc(C2CCCN2C(=O)CC(C)N)cc1OC.Cl. The zero-order valence-corrected chi connectivity index (χ0v) is 14.2. The Labute approximate surface area is 138 Å². The van der Waals surface area contributed by atoms with Crippen molar-refractivity contribution in [2.24, 2.45) is 5.73 Å². The molecule has 2 N–H and O–H groups in total. The van der Waals surface area contributed by atoms with E-state index in [0.717, 1.165) is 24.9 Å². The van der Waals surface area contributed by atoms with Gasteiger partial charge >= 0.3 is 0 Å². The van der Waals surface area contributed by atoms with E-state index in [-0.39, 0.29) is 30.4 Å². The fourth-order valence-corrected chi connectivity index (χ4v) is 2.86. The second-order valence-corrected chi connectivity index (χ2v) is 5.54. The fraction of sp³-hybridized carbons (Fsp3) is 0.562. The molecular weight excluding hydrogens is 304 g/mol. The van der Waals surface area contributed by atoms with Gasteiger partial charge in [0.25, 0.3) is 0 Å². The van der Waals surface area contributed by atoms with Gasteiger partial charge in [-0.25, -0.2) is 0 Å². The van der Waals surface area contributed by atoms with Crippen molar-refractivity contribution in [2.75, 3.05) is 20.8 Å². The summed E-state index contributed by atoms with van der Waals surface area (Å²) >= 11 is 0. The van der Waals surface area contributed by atoms with Crippen LogP contribution in [0.3, 0.4) is 0 Å². The summed E-state index contributed by atoms with van der Waals surface area (Å²) in [5, 5.41) is 0. The molecule has 0 aliphatic carbocycles. The number of halogens is 1. The van der Waals surface area contributed by atoms with Gasteiger partial charge in [0.05, 0.1) is 20.3 Å². The average Bonchev–Trinajstić information content (AvgIpc) is 2.95. The third-order valence-corrected chi connectivity index (χ3v) is 3.86. The van der Waals surface area contributed by atoms with Gasteiger partial charge in [-0.15, -0.1) is 12.4 Å². The molecule has 0 aromatic heterocycles. The molecular formula is C16H25ClN2O3. The Morgan fingerprint density at radius 2 is 2.05 bits per heavy atom. The second-order valence-electron chi connectivity index (χ2n) is 5.54. The standard InChI is InChI=1S/C16H24N2O3.ClH/c1-11(17)9-16(19)18-8-4-5-13(18)12-6-7-14(20-2)15(10-12)21-3;/h6-7,10-11,13H,4-5,8-9,17H2,1-3H3;1H. The molecule has 6 heteroatoms. The topological polar surface area (TPSA) is 64.8 Å². The number of carbonyl (C=O) groups excluding carboxylic acids is 1. The summed E-state index contributed by atoms with van der Waals surface area (Å²) in [7, 11) is 3.24. The quantitative estimate of drug-likeness (QED) is 0.902. The van der Waals surface area contributed by atoms with Gasteiger partial charge in [-0.3, -0.25) is 4.79 Å². The Kier molecular flexibility index (Phi) is 6.97. The van der Waals surface area contributed by atoms with Crippen molar-refractivity contribution in [3.05, 3.63) is 23.8 Å². The number of carbonyl (C=O) groups is 1. The van der Waals surface area contributed by atoms with E-state index in [1.165, 1.54) is 0 Å². The Morgan fingerprint density at radius 3 is 2.64 bits per heavy atom. The number of nitrogens with zero attached hydrogens (tertiary/aromatic N) is 1. The first kappa shape index (κ1) is 18.6. The molecule has 124 valence electrons. The van der Waals surface area contributed by atoms with Gasteiger partial charge in [-0.05, 0) is 37.5 Å². The fourth-order valence-electron chi connectivity index (χ4n) is 2.86. The van der Waals surface area contributed by atoms with Crippen LogP contribution in [0, 0.1) is 0 Å². The molecule has 0 spiro atoms. The van der Waals surface area contributed by atoms with E-state index in [1.807, 2.05) is 30.0 Å². The van der Waals surface area contributed by atoms with E-state index in [2.05, 4.69) is 0 Å². The van der Waals surface area contributed by atoms with Gasteiger partial charge in [0.1, 0.15) is 0 Å². The number of nitrogens with two attached hydrogens (primary N) is 1. The third kappa shape index (κ3) is 4.05. The van der Waals surface area contributed by atoms with Crippen molar-refractivity contribution in [1.29, 1.82) is 0 Å². The first-order valence-corrected chi connectivity index (χ1v) is 7.33. The van der Waals surface area contributed by atoms with Crippen LogP contribution in [0.25, 0.3) is 0 Å². The maximum atomic E-state index is 12.3. The van der Waals surface area contributed by atoms with Gasteiger partial charge in [0.2, 0.25) is 5.91 Å². The maximum absolute atomic E-state index is 12.3. The zero-order chi connectivity index (χ0) is 15.4. The van der Waals surface area contributed by atoms with Crippen LogP contribution in [-0.2, 0) is 4.79 Å². The van der Waals surface area contributed by atoms with Crippen molar-refractivity contribution in [3.63, 3.8) is 0 Å². The summed E-state index contributed by atoms with van der Waals surface area (Å²) in [5.41, 5.74) is 6.83. The maximum Gasteiger partial charge on any atom is 0.224 e. The van der Waals surface area contributed by atoms with Crippen LogP contribution >= 0.6 is 12.4 Å². The number of benzene rings is 1. The van der Waals surface area contributed by atoms with Crippen LogP contribution in [0.1, 0.15) is 37.8 Å². The molecule has 1 fully saturated rings. The lowest BCUT2D eigenvalue weighted by molar-refractivity contribution is -0.132. The van der Waals surface area contributed by atoms with Crippen molar-refractivity contribution in [1.82, 2.24) is 4.90 Å². The molecule has 0 radical (unpaired) electrons. The van der Waals surface area contributed by atoms with Crippen LogP contribution in [0.15, 0.2) is 18.2 Å². The molecule has 1 aromatic carbocycles. The molecule has 2 unspecified atom stereocenters. The van der Waals surface area contributed by atoms with Crippen molar-refractivity contribution in [2.45, 2.75) is 38.3 Å². The smallest absolute Gasteiger partial charge is 0.224 e. The molecule has 1 saturated heterocycles. The number of likely N-dealkylation sites (tertiary alicyclic amines) is 1. The van der Waals surface area contributed by atoms with Crippen molar-refractivity contribution < 1.29 is 14.3 Å². The molecule has 22 heavy (non-hydrogen) atoms. The summed E-state index contributed by atoms with van der Waals surface area (Å²) in [6.07, 6.45) is 2.38. The van der Waals surface area contributed by atoms with E-state index in [9.17, 15) is 4.79 Å². The number of ether oxygens (including phenoxy) is 2. The van der Waals surface area contributed by atoms with Crippen LogP contribution in [-0.4, -0.2) is 37.6 Å². The number of rotatable bonds is 5. The second kappa shape index (κ2) is 8.25. The van der Waals surface area contributed by atoms with Gasteiger partial charge in [-0.2, -0.15) is 0 Å². The monoisotopic (exact) mass is 328 g/mol. The lowest BCUT2D eigenvalue weighted by Crippen LogP contribution is -2.34. The van der Waals surface area contributed by atoms with Crippen molar-refractivity contribution in [3.8, 4) is 11.5 Å². The summed E-state index contributed by atoms with van der Waals surface area (Å²) in [4.78, 5) is 14.2. The first-order valence-electron chi connectivity index (χ1n) is 7.33. The Hall–Kier alpha value is -1.46. The Morgan fingerprint density at radius 1 is 1.36 bits per heavy atom. The normalized spacial score (nSPS) is 18.5. The number of hydrogen-bond donors (Lipinski definition) is 1. The highest BCUT2D eigenvalue weighted by Gasteiger charge is 2.30. The Balaban J connectivity index is 0.00000242. The van der Waals surface area contributed by atoms with Gasteiger partial charge in [0.15, 0.2) is 11.5 Å². The lowest BCUT2D eigenvalue weighted by Gasteiger charge is -2.26. The molecule has 1 amide bonds. The van der Waals surface area contributed by atoms with Crippen molar-refractivity contribution >= 4 is 18.3 Å². The number of hydrogen-bond acceptors (Lipinski definition) is 4. The highest BCUT2D eigenvalue weighted by Crippen LogP contribution is 2.37. The average molecular weight is 329 g/mol. The minimum absolute atomic E-state index is 0. The molecule has 1 aliphatic heterocycles. The number of amides is 1. The Bertz CT molecular complexity index is 508. The zero-order valence-electron chi connectivity index (χ0n) is 13.4. The molecule has 5 nitrogen and oxygen atoms in total. The largest absolute Gasteiger partial charge is 0.493 e. The predicted octanol–water partition coefficient (Wildman–Crippen LogP) is 2.53. The number of methoxy groups -OCH3 is 2. The summed E-state index contributed by atoms with van der Waals surface area (Å²) < 4.78 is 10.6. The minimum atomic E-state index is -0.107. The molecule has 1 aliphatic rings. The van der Waals surface area contributed by atoms with Crippen LogP contribution < -0.4 is 15.2 Å². The van der Waals surface area contributed by atoms with Crippen LogP contribution in [0.5, 0.6) is 11.5 Å². The molecule has 1 aromatic rings. The summed E-state index contributed by atoms with van der Waals surface area (Å²) in [6, 6.07) is 5.85. The van der Waals surface area contributed by atoms with Crippen LogP contribution in [0.2, 0.25) is 0 Å². The van der Waals surface area contributed by atoms with E-state index < -0.39 is 0 Å². The summed E-state index contributed by atoms with van der Waals surface area (Å²) in [5.74, 6) is 1.52. The van der Waals surface area contributed by atoms with E-state index in [0.29, 0.717) is 17.9 Å². The van der Waals surface area contributed by atoms with Gasteiger partial charge in [0, 0.05) is 19.0 Å². The van der Waals surface area contributed by atoms with E-state index >= 15 is 0 Å². The van der Waals surface area contributed by atoms with Gasteiger partial charge < -0.3 is 20.1 Å². The van der Waals surface area contributed by atoms with E-state index in [1.54, 1.807) is 14.2 Å². The molecule has 0 bridgehead atoms. The summed E-state index contributed by atoms with van der Waals surface area (Å²) in [6.45, 7) is 2.66. The molecule has 1 heterocycles. The minimum Gasteiger partial charge on any atom is -0.493 e. The highest BCUT2D eigenvalue weighted by atomic mass is 35.5. The third-order valence-electron chi connectivity index (χ3n) is 3.86. The molecule has 2 atom stereocenters. The predicted molar refractivity (Wildman–Crippen MR) is 88.7 cm³/mol. The highest BCUT2D eigenvalue weighted by molar-refractivity contribution is 5.85. The van der Waals surface area contributed by atoms with Gasteiger partial charge in [-0.1, -0.05) is 6.07 Å². The first-order chi connectivity index (χ1) is 10.1. The van der Waals surface area contributed by atoms with E-state index in [4.69, 9.17) is 15.2 Å². The molecule has 2 rings (SSSR count). The van der Waals surface area contributed by atoms with Crippen LogP contribution in [0.4, 0.5) is 0 Å². The lowest BCUT2D eigenvalue weighted by atomic mass is 10.0.